The molecule has 0 aromatic heterocycles. The van der Waals surface area contributed by atoms with Gasteiger partial charge >= 0.3 is 0 Å². The van der Waals surface area contributed by atoms with Crippen molar-refractivity contribution in [3.05, 3.63) is 59.2 Å². The minimum absolute atomic E-state index is 0.147. The highest BCUT2D eigenvalue weighted by atomic mass is 16.5. The van der Waals surface area contributed by atoms with Crippen molar-refractivity contribution in [2.45, 2.75) is 176 Å². The molecule has 286 valence electrons. The van der Waals surface area contributed by atoms with Gasteiger partial charge < -0.3 is 10.4 Å². The van der Waals surface area contributed by atoms with Crippen LogP contribution in [-0.4, -0.2) is 68.7 Å². The molecule has 0 amide bonds. The molecule has 5 rings (SSSR count). The first-order valence-electron chi connectivity index (χ1n) is 20.9. The molecule has 6 atom stereocenters. The molecule has 0 spiro atoms. The first-order chi connectivity index (χ1) is 24.0. The maximum atomic E-state index is 11.5. The predicted molar refractivity (Wildman–Crippen MR) is 215 cm³/mol. The molecule has 0 bridgehead atoms. The molecule has 3 aliphatic heterocycles. The number of rotatable bonds is 10. The topological polar surface area (TPSA) is 50.2 Å². The Hall–Kier alpha value is -1.76. The lowest BCUT2D eigenvalue weighted by molar-refractivity contribution is -0.200. The van der Waals surface area contributed by atoms with Crippen LogP contribution < -0.4 is 0 Å². The maximum absolute atomic E-state index is 11.5. The summed E-state index contributed by atoms with van der Waals surface area (Å²) in [6.45, 7) is 27.7. The Balaban J connectivity index is 1.55. The van der Waals surface area contributed by atoms with Crippen molar-refractivity contribution < 1.29 is 10.4 Å². The molecular weight excluding hydrogens is 627 g/mol. The zero-order valence-corrected chi connectivity index (χ0v) is 34.7. The highest BCUT2D eigenvalue weighted by Gasteiger charge is 2.41. The summed E-state index contributed by atoms with van der Waals surface area (Å²) in [7, 11) is 2.36. The number of hydrogen-bond donors (Lipinski definition) is 2. The summed E-state index contributed by atoms with van der Waals surface area (Å²) in [6.07, 6.45) is 6.38. The van der Waals surface area contributed by atoms with E-state index in [1.807, 2.05) is 0 Å². The summed E-state index contributed by atoms with van der Waals surface area (Å²) in [5, 5.41) is 26.0. The van der Waals surface area contributed by atoms with Crippen LogP contribution in [0.4, 0.5) is 0 Å². The number of piperidine rings is 3. The minimum atomic E-state index is 0.147. The van der Waals surface area contributed by atoms with Crippen LogP contribution in [0.1, 0.15) is 156 Å². The van der Waals surface area contributed by atoms with E-state index >= 15 is 0 Å². The van der Waals surface area contributed by atoms with E-state index < -0.39 is 0 Å². The number of nitrogens with zero attached hydrogens (tertiary/aromatic N) is 3. The van der Waals surface area contributed by atoms with Gasteiger partial charge in [0.15, 0.2) is 0 Å². The lowest BCUT2D eigenvalue weighted by Crippen LogP contribution is -2.51. The Morgan fingerprint density at radius 3 is 1.18 bits per heavy atom. The van der Waals surface area contributed by atoms with Crippen LogP contribution in [0.3, 0.4) is 0 Å². The maximum Gasteiger partial charge on any atom is 0.0382 e. The fourth-order valence-electron chi connectivity index (χ4n) is 10.5. The molecule has 0 radical (unpaired) electrons. The van der Waals surface area contributed by atoms with Crippen molar-refractivity contribution in [3.63, 3.8) is 0 Å². The zero-order chi connectivity index (χ0) is 37.5. The standard InChI is InChI=1S/C46H75N3O2/c1-27(2)41-21-37(22-42(28(3)4)47(41)13)35-18-19-39(40(20-35)38-25-45(31(9)10)49(51)46(26-38)32(11)12)34-16-14-33(15-17-34)36-23-43(29(5)6)48(50)44(24-36)30(7)8/h14-20,27-32,36-38,41-46,50-51H,21-26H2,1-13H3. The Morgan fingerprint density at radius 1 is 0.451 bits per heavy atom. The van der Waals surface area contributed by atoms with Crippen LogP contribution in [0.15, 0.2) is 42.5 Å². The molecule has 2 N–H and O–H groups in total. The average Bonchev–Trinajstić information content (AvgIpc) is 3.07. The SMILES string of the molecule is CC(C)C1CC(c2ccc(-c3ccc(C4CC(C(C)C)N(O)C(C(C)C)C4)cc3)c(C3CC(C(C)C)N(O)C(C(C)C)C3)c2)CC(C(C)C)N1C. The van der Waals surface area contributed by atoms with Gasteiger partial charge in [-0.1, -0.05) is 126 Å². The molecule has 51 heavy (non-hydrogen) atoms. The Morgan fingerprint density at radius 2 is 0.784 bits per heavy atom. The van der Waals surface area contributed by atoms with Gasteiger partial charge in [0, 0.05) is 36.3 Å². The molecule has 5 nitrogen and oxygen atoms in total. The van der Waals surface area contributed by atoms with E-state index in [0.29, 0.717) is 65.3 Å². The first-order valence-corrected chi connectivity index (χ1v) is 20.9. The number of hydroxylamine groups is 4. The van der Waals surface area contributed by atoms with Gasteiger partial charge in [-0.15, -0.1) is 0 Å². The second-order valence-corrected chi connectivity index (χ2v) is 19.3. The average molecular weight is 702 g/mol. The van der Waals surface area contributed by atoms with Crippen molar-refractivity contribution >= 4 is 0 Å². The van der Waals surface area contributed by atoms with Gasteiger partial charge in [0.1, 0.15) is 0 Å². The van der Waals surface area contributed by atoms with Crippen LogP contribution in [0.5, 0.6) is 0 Å². The summed E-state index contributed by atoms with van der Waals surface area (Å²) in [4.78, 5) is 2.69. The van der Waals surface area contributed by atoms with E-state index in [1.54, 1.807) is 10.1 Å². The van der Waals surface area contributed by atoms with E-state index in [2.05, 4.69) is 137 Å². The van der Waals surface area contributed by atoms with Crippen LogP contribution in [0.25, 0.3) is 11.1 Å². The molecule has 3 heterocycles. The molecule has 6 unspecified atom stereocenters. The third-order valence-corrected chi connectivity index (χ3v) is 13.9. The van der Waals surface area contributed by atoms with Crippen molar-refractivity contribution in [2.24, 2.45) is 35.5 Å². The van der Waals surface area contributed by atoms with Crippen LogP contribution >= 0.6 is 0 Å². The fourth-order valence-corrected chi connectivity index (χ4v) is 10.5. The zero-order valence-electron chi connectivity index (χ0n) is 34.7. The minimum Gasteiger partial charge on any atom is -0.313 e. The lowest BCUT2D eigenvalue weighted by atomic mass is 9.72. The van der Waals surface area contributed by atoms with Crippen LogP contribution in [-0.2, 0) is 0 Å². The number of benzene rings is 2. The molecule has 0 aliphatic carbocycles. The normalized spacial score (nSPS) is 32.0. The summed E-state index contributed by atoms with van der Waals surface area (Å²) < 4.78 is 0. The van der Waals surface area contributed by atoms with Crippen LogP contribution in [0, 0.1) is 35.5 Å². The van der Waals surface area contributed by atoms with Crippen molar-refractivity contribution in [1.82, 2.24) is 15.0 Å². The van der Waals surface area contributed by atoms with Gasteiger partial charge in [0.05, 0.1) is 0 Å². The number of hydrogen-bond acceptors (Lipinski definition) is 5. The quantitative estimate of drug-likeness (QED) is 0.258. The molecule has 3 aliphatic rings. The molecule has 0 saturated carbocycles. The second kappa shape index (κ2) is 16.7. The molecule has 3 fully saturated rings. The third kappa shape index (κ3) is 8.64. The van der Waals surface area contributed by atoms with E-state index in [-0.39, 0.29) is 24.2 Å². The second-order valence-electron chi connectivity index (χ2n) is 19.3. The molecule has 2 aromatic rings. The summed E-state index contributed by atoms with van der Waals surface area (Å²) in [5.41, 5.74) is 7.07. The van der Waals surface area contributed by atoms with Crippen molar-refractivity contribution in [3.8, 4) is 11.1 Å². The smallest absolute Gasteiger partial charge is 0.0382 e. The van der Waals surface area contributed by atoms with Gasteiger partial charge in [-0.25, -0.2) is 0 Å². The molecular formula is C46H75N3O2. The van der Waals surface area contributed by atoms with E-state index in [0.717, 1.165) is 25.7 Å². The molecule has 3 saturated heterocycles. The largest absolute Gasteiger partial charge is 0.313 e. The monoisotopic (exact) mass is 702 g/mol. The Bertz CT molecular complexity index is 1350. The summed E-state index contributed by atoms with van der Waals surface area (Å²) >= 11 is 0. The number of likely N-dealkylation sites (tertiary alicyclic amines) is 1. The van der Waals surface area contributed by atoms with Gasteiger partial charge in [-0.3, -0.25) is 4.90 Å². The van der Waals surface area contributed by atoms with Gasteiger partial charge in [-0.05, 0) is 127 Å². The van der Waals surface area contributed by atoms with Crippen LogP contribution in [0.2, 0.25) is 0 Å². The Labute approximate surface area is 313 Å². The van der Waals surface area contributed by atoms with E-state index in [9.17, 15) is 10.4 Å². The third-order valence-electron chi connectivity index (χ3n) is 13.9. The van der Waals surface area contributed by atoms with Gasteiger partial charge in [0.2, 0.25) is 0 Å². The Kier molecular flexibility index (Phi) is 13.3. The van der Waals surface area contributed by atoms with Crippen molar-refractivity contribution in [1.29, 1.82) is 0 Å². The first kappa shape index (κ1) is 40.4. The highest BCUT2D eigenvalue weighted by Crippen LogP contribution is 2.46. The van der Waals surface area contributed by atoms with Gasteiger partial charge in [-0.2, -0.15) is 10.1 Å². The highest BCUT2D eigenvalue weighted by molar-refractivity contribution is 5.69. The fraction of sp³-hybridized carbons (Fsp3) is 0.739. The molecule has 5 heteroatoms. The van der Waals surface area contributed by atoms with E-state index in [4.69, 9.17) is 0 Å². The summed E-state index contributed by atoms with van der Waals surface area (Å²) in [5.74, 6) is 4.22. The van der Waals surface area contributed by atoms with Gasteiger partial charge in [0.25, 0.3) is 0 Å². The van der Waals surface area contributed by atoms with E-state index in [1.165, 1.54) is 40.7 Å². The molecule has 2 aromatic carbocycles. The lowest BCUT2D eigenvalue weighted by Gasteiger charge is -2.47. The summed E-state index contributed by atoms with van der Waals surface area (Å²) in [6, 6.07) is 18.9. The predicted octanol–water partition coefficient (Wildman–Crippen LogP) is 11.4. The van der Waals surface area contributed by atoms with Crippen molar-refractivity contribution in [2.75, 3.05) is 7.05 Å².